The minimum absolute atomic E-state index is 0.246. The van der Waals surface area contributed by atoms with Crippen molar-refractivity contribution in [3.8, 4) is 5.69 Å². The maximum Gasteiger partial charge on any atom is 0.295 e. The van der Waals surface area contributed by atoms with Crippen LogP contribution in [0, 0.1) is 6.92 Å². The number of nitrogens with zero attached hydrogens (tertiary/aromatic N) is 3. The fourth-order valence-corrected chi connectivity index (χ4v) is 4.36. The number of rotatable bonds is 3. The second kappa shape index (κ2) is 6.99. The molecule has 0 saturated heterocycles. The first-order valence-electron chi connectivity index (χ1n) is 10.1. The van der Waals surface area contributed by atoms with Gasteiger partial charge in [-0.05, 0) is 49.9 Å². The number of pyridine rings is 1. The van der Waals surface area contributed by atoms with Crippen molar-refractivity contribution in [1.29, 1.82) is 0 Å². The standard InChI is InChI=1S/C24H22N4O2/c1-15-22(24(30)28(27(15)2)16-9-4-3-5-10-16)26-23(29)21-17-11-6-7-13-19(17)25-20-14-8-12-18(20)21/h3-7,9-11,13H,8,12,14H2,1-2H3,(H,26,29). The number of para-hydroxylation sites is 2. The molecule has 30 heavy (non-hydrogen) atoms. The second-order valence-corrected chi connectivity index (χ2v) is 7.67. The summed E-state index contributed by atoms with van der Waals surface area (Å²) in [6, 6.07) is 17.1. The molecule has 0 saturated carbocycles. The summed E-state index contributed by atoms with van der Waals surface area (Å²) in [5.41, 5.74) is 4.96. The largest absolute Gasteiger partial charge is 0.316 e. The Hall–Kier alpha value is -3.67. The summed E-state index contributed by atoms with van der Waals surface area (Å²) in [5.74, 6) is -0.252. The summed E-state index contributed by atoms with van der Waals surface area (Å²) in [4.78, 5) is 31.4. The third kappa shape index (κ3) is 2.76. The number of carbonyl (C=O) groups excluding carboxylic acids is 1. The molecular formula is C24H22N4O2. The molecule has 1 aliphatic rings. The number of anilines is 1. The third-order valence-corrected chi connectivity index (χ3v) is 5.94. The van der Waals surface area contributed by atoms with Gasteiger partial charge in [0, 0.05) is 18.1 Å². The van der Waals surface area contributed by atoms with Crippen LogP contribution < -0.4 is 10.9 Å². The van der Waals surface area contributed by atoms with E-state index in [1.54, 1.807) is 9.36 Å². The molecule has 0 radical (unpaired) electrons. The molecule has 1 N–H and O–H groups in total. The van der Waals surface area contributed by atoms with Gasteiger partial charge in [-0.3, -0.25) is 19.3 Å². The fraction of sp³-hybridized carbons (Fsp3) is 0.208. The highest BCUT2D eigenvalue weighted by Crippen LogP contribution is 2.30. The van der Waals surface area contributed by atoms with E-state index < -0.39 is 0 Å². The van der Waals surface area contributed by atoms with Crippen molar-refractivity contribution >= 4 is 22.5 Å². The van der Waals surface area contributed by atoms with Crippen LogP contribution in [0.15, 0.2) is 59.4 Å². The van der Waals surface area contributed by atoms with Crippen LogP contribution in [0.1, 0.15) is 33.7 Å². The molecule has 1 aliphatic carbocycles. The van der Waals surface area contributed by atoms with Gasteiger partial charge in [0.2, 0.25) is 0 Å². The Morgan fingerprint density at radius 1 is 1.03 bits per heavy atom. The van der Waals surface area contributed by atoms with E-state index in [1.807, 2.05) is 68.6 Å². The van der Waals surface area contributed by atoms with E-state index in [1.165, 1.54) is 0 Å². The normalized spacial score (nSPS) is 12.9. The van der Waals surface area contributed by atoms with Crippen molar-refractivity contribution in [2.24, 2.45) is 7.05 Å². The van der Waals surface area contributed by atoms with Gasteiger partial charge < -0.3 is 5.32 Å². The summed E-state index contributed by atoms with van der Waals surface area (Å²) in [7, 11) is 1.82. The molecule has 5 rings (SSSR count). The van der Waals surface area contributed by atoms with Crippen LogP contribution in [0.2, 0.25) is 0 Å². The summed E-state index contributed by atoms with van der Waals surface area (Å²) >= 11 is 0. The third-order valence-electron chi connectivity index (χ3n) is 5.94. The molecule has 150 valence electrons. The maximum atomic E-state index is 13.5. The van der Waals surface area contributed by atoms with E-state index in [-0.39, 0.29) is 11.5 Å². The van der Waals surface area contributed by atoms with E-state index in [0.29, 0.717) is 16.9 Å². The van der Waals surface area contributed by atoms with Crippen LogP contribution in [0.3, 0.4) is 0 Å². The Bertz CT molecular complexity index is 1350. The predicted molar refractivity (Wildman–Crippen MR) is 117 cm³/mol. The number of carbonyl (C=O) groups is 1. The summed E-state index contributed by atoms with van der Waals surface area (Å²) < 4.78 is 3.34. The quantitative estimate of drug-likeness (QED) is 0.571. The molecule has 0 aliphatic heterocycles. The average molecular weight is 398 g/mol. The van der Waals surface area contributed by atoms with E-state index in [2.05, 4.69) is 5.32 Å². The Balaban J connectivity index is 1.62. The monoisotopic (exact) mass is 398 g/mol. The SMILES string of the molecule is Cc1c(NC(=O)c2c3c(nc4ccccc24)CCC3)c(=O)n(-c2ccccc2)n1C. The van der Waals surface area contributed by atoms with Crippen LogP contribution in [0.5, 0.6) is 0 Å². The van der Waals surface area contributed by atoms with Crippen LogP contribution in [-0.2, 0) is 19.9 Å². The Morgan fingerprint density at radius 3 is 2.57 bits per heavy atom. The minimum Gasteiger partial charge on any atom is -0.316 e. The minimum atomic E-state index is -0.252. The van der Waals surface area contributed by atoms with Gasteiger partial charge in [0.15, 0.2) is 0 Å². The number of benzene rings is 2. The first-order chi connectivity index (χ1) is 14.6. The van der Waals surface area contributed by atoms with Gasteiger partial charge in [0.1, 0.15) is 5.69 Å². The highest BCUT2D eigenvalue weighted by atomic mass is 16.2. The Morgan fingerprint density at radius 2 is 1.77 bits per heavy atom. The molecule has 0 atom stereocenters. The van der Waals surface area contributed by atoms with Crippen LogP contribution in [0.25, 0.3) is 16.6 Å². The first kappa shape index (κ1) is 18.4. The molecule has 0 bridgehead atoms. The van der Waals surface area contributed by atoms with Crippen molar-refractivity contribution in [3.05, 3.63) is 87.5 Å². The first-order valence-corrected chi connectivity index (χ1v) is 10.1. The predicted octanol–water partition coefficient (Wildman–Crippen LogP) is 3.77. The van der Waals surface area contributed by atoms with Gasteiger partial charge in [0.05, 0.1) is 22.5 Å². The number of nitrogens with one attached hydrogen (secondary N) is 1. The van der Waals surface area contributed by atoms with Gasteiger partial charge in [-0.15, -0.1) is 0 Å². The molecule has 0 fully saturated rings. The van der Waals surface area contributed by atoms with Crippen LogP contribution in [-0.4, -0.2) is 20.3 Å². The number of hydrogen-bond donors (Lipinski definition) is 1. The van der Waals surface area contributed by atoms with Gasteiger partial charge >= 0.3 is 0 Å². The van der Waals surface area contributed by atoms with Crippen molar-refractivity contribution in [2.75, 3.05) is 5.32 Å². The second-order valence-electron chi connectivity index (χ2n) is 7.67. The molecular weight excluding hydrogens is 376 g/mol. The van der Waals surface area contributed by atoms with E-state index in [0.717, 1.165) is 47.1 Å². The molecule has 6 heteroatoms. The summed E-state index contributed by atoms with van der Waals surface area (Å²) in [5, 5.41) is 3.75. The lowest BCUT2D eigenvalue weighted by Gasteiger charge is -2.12. The average Bonchev–Trinajstić information content (AvgIpc) is 3.30. The highest BCUT2D eigenvalue weighted by molar-refractivity contribution is 6.13. The number of aromatic nitrogens is 3. The molecule has 2 aromatic carbocycles. The van der Waals surface area contributed by atoms with Gasteiger partial charge in [-0.25, -0.2) is 4.68 Å². The molecule has 0 unspecified atom stereocenters. The number of aryl methyl sites for hydroxylation is 1. The summed E-state index contributed by atoms with van der Waals surface area (Å²) in [6.07, 6.45) is 2.70. The van der Waals surface area contributed by atoms with Crippen molar-refractivity contribution in [3.63, 3.8) is 0 Å². The summed E-state index contributed by atoms with van der Waals surface area (Å²) in [6.45, 7) is 1.84. The van der Waals surface area contributed by atoms with Crippen LogP contribution >= 0.6 is 0 Å². The molecule has 4 aromatic rings. The fourth-order valence-electron chi connectivity index (χ4n) is 4.36. The van der Waals surface area contributed by atoms with Crippen molar-refractivity contribution < 1.29 is 4.79 Å². The zero-order valence-electron chi connectivity index (χ0n) is 17.0. The zero-order valence-corrected chi connectivity index (χ0v) is 17.0. The molecule has 2 aromatic heterocycles. The molecule has 2 heterocycles. The highest BCUT2D eigenvalue weighted by Gasteiger charge is 2.26. The Kier molecular flexibility index (Phi) is 4.28. The smallest absolute Gasteiger partial charge is 0.295 e. The van der Waals surface area contributed by atoms with Crippen molar-refractivity contribution in [1.82, 2.24) is 14.3 Å². The molecule has 1 amide bonds. The van der Waals surface area contributed by atoms with Gasteiger partial charge in [0.25, 0.3) is 11.5 Å². The topological polar surface area (TPSA) is 68.9 Å². The lowest BCUT2D eigenvalue weighted by molar-refractivity contribution is 0.102. The number of fused-ring (bicyclic) bond motifs is 2. The van der Waals surface area contributed by atoms with E-state index in [9.17, 15) is 9.59 Å². The lowest BCUT2D eigenvalue weighted by Crippen LogP contribution is -2.23. The molecule has 6 nitrogen and oxygen atoms in total. The van der Waals surface area contributed by atoms with Gasteiger partial charge in [-0.2, -0.15) is 0 Å². The molecule has 0 spiro atoms. The number of hydrogen-bond acceptors (Lipinski definition) is 3. The van der Waals surface area contributed by atoms with E-state index >= 15 is 0 Å². The Labute approximate surface area is 173 Å². The van der Waals surface area contributed by atoms with Gasteiger partial charge in [-0.1, -0.05) is 36.4 Å². The number of amides is 1. The van der Waals surface area contributed by atoms with E-state index in [4.69, 9.17) is 4.98 Å². The van der Waals surface area contributed by atoms with Crippen molar-refractivity contribution in [2.45, 2.75) is 26.2 Å². The zero-order chi connectivity index (χ0) is 20.8. The van der Waals surface area contributed by atoms with Crippen LogP contribution in [0.4, 0.5) is 5.69 Å². The maximum absolute atomic E-state index is 13.5. The lowest BCUT2D eigenvalue weighted by atomic mass is 10.0.